The van der Waals surface area contributed by atoms with E-state index in [1.165, 1.54) is 22.3 Å². The van der Waals surface area contributed by atoms with E-state index in [0.29, 0.717) is 13.0 Å². The molecular weight excluding hydrogens is 318 g/mol. The molecule has 0 spiro atoms. The third kappa shape index (κ3) is 3.00. The molecule has 0 radical (unpaired) electrons. The molecule has 1 aliphatic rings. The van der Waals surface area contributed by atoms with E-state index in [-0.39, 0.29) is 5.91 Å². The Morgan fingerprint density at radius 3 is 2.89 bits per heavy atom. The molecule has 1 aromatic heterocycles. The Hall–Kier alpha value is -1.14. The van der Waals surface area contributed by atoms with Crippen LogP contribution >= 0.6 is 27.3 Å². The normalized spacial score (nSPS) is 19.6. The van der Waals surface area contributed by atoms with Crippen LogP contribution in [0.15, 0.2) is 22.0 Å². The predicted octanol–water partition coefficient (Wildman–Crippen LogP) is 2.60. The molecule has 1 N–H and O–H groups in total. The molecule has 1 aromatic rings. The number of aliphatic carboxylic acids is 1. The summed E-state index contributed by atoms with van der Waals surface area (Å²) in [5.74, 6) is -1.16. The van der Waals surface area contributed by atoms with Gasteiger partial charge in [-0.1, -0.05) is 0 Å². The molecule has 0 bridgehead atoms. The van der Waals surface area contributed by atoms with Crippen molar-refractivity contribution in [3.8, 4) is 0 Å². The number of rotatable bonds is 3. The highest BCUT2D eigenvalue weighted by Crippen LogP contribution is 2.23. The summed E-state index contributed by atoms with van der Waals surface area (Å²) in [4.78, 5) is 25.3. The van der Waals surface area contributed by atoms with Crippen molar-refractivity contribution in [2.75, 3.05) is 6.54 Å². The number of carboxylic acid groups (broad SMARTS) is 1. The standard InChI is InChI=1S/C12H12BrNO3S/c13-10-5-3-8(18-10)4-6-11(15)14-7-1-2-9(14)12(16)17/h3-6,9H,1-2,7H2,(H,16,17)/b6-4+/t9-/m0/s1. The Bertz CT molecular complexity index is 497. The van der Waals surface area contributed by atoms with Crippen molar-refractivity contribution in [2.45, 2.75) is 18.9 Å². The topological polar surface area (TPSA) is 57.6 Å². The summed E-state index contributed by atoms with van der Waals surface area (Å²) in [6.45, 7) is 0.522. The second-order valence-corrected chi connectivity index (χ2v) is 6.50. The van der Waals surface area contributed by atoms with E-state index < -0.39 is 12.0 Å². The minimum absolute atomic E-state index is 0.232. The average Bonchev–Trinajstić information content (AvgIpc) is 2.94. The zero-order chi connectivity index (χ0) is 13.1. The van der Waals surface area contributed by atoms with Crippen LogP contribution in [0.25, 0.3) is 6.08 Å². The van der Waals surface area contributed by atoms with Gasteiger partial charge in [0.25, 0.3) is 0 Å². The van der Waals surface area contributed by atoms with E-state index in [1.54, 1.807) is 6.08 Å². The van der Waals surface area contributed by atoms with E-state index >= 15 is 0 Å². The Morgan fingerprint density at radius 1 is 1.50 bits per heavy atom. The van der Waals surface area contributed by atoms with Gasteiger partial charge in [0.05, 0.1) is 3.79 Å². The summed E-state index contributed by atoms with van der Waals surface area (Å²) < 4.78 is 0.999. The number of thiophene rings is 1. The molecule has 0 aliphatic carbocycles. The van der Waals surface area contributed by atoms with Gasteiger partial charge >= 0.3 is 5.97 Å². The average molecular weight is 330 g/mol. The van der Waals surface area contributed by atoms with Crippen molar-refractivity contribution in [1.29, 1.82) is 0 Å². The quantitative estimate of drug-likeness (QED) is 0.867. The summed E-state index contributed by atoms with van der Waals surface area (Å²) in [7, 11) is 0. The van der Waals surface area contributed by atoms with Crippen molar-refractivity contribution in [3.63, 3.8) is 0 Å². The molecule has 96 valence electrons. The molecule has 1 saturated heterocycles. The van der Waals surface area contributed by atoms with Crippen LogP contribution in [0.2, 0.25) is 0 Å². The van der Waals surface area contributed by atoms with Gasteiger partial charge in [-0.3, -0.25) is 4.79 Å². The van der Waals surface area contributed by atoms with Gasteiger partial charge in [0, 0.05) is 17.5 Å². The van der Waals surface area contributed by atoms with Gasteiger partial charge in [-0.2, -0.15) is 0 Å². The first kappa shape index (κ1) is 13.3. The number of halogens is 1. The SMILES string of the molecule is O=C(O)[C@@H]1CCCN1C(=O)/C=C/c1ccc(Br)s1. The number of carbonyl (C=O) groups excluding carboxylic acids is 1. The first-order valence-electron chi connectivity index (χ1n) is 5.55. The highest BCUT2D eigenvalue weighted by atomic mass is 79.9. The summed E-state index contributed by atoms with van der Waals surface area (Å²) in [6, 6.07) is 3.14. The molecule has 1 atom stereocenters. The van der Waals surface area contributed by atoms with Crippen molar-refractivity contribution in [1.82, 2.24) is 4.90 Å². The van der Waals surface area contributed by atoms with E-state index in [0.717, 1.165) is 15.1 Å². The largest absolute Gasteiger partial charge is 0.480 e. The second kappa shape index (κ2) is 5.67. The summed E-state index contributed by atoms with van der Waals surface area (Å²) in [5, 5.41) is 9.00. The van der Waals surface area contributed by atoms with Gasteiger partial charge in [0.1, 0.15) is 6.04 Å². The van der Waals surface area contributed by atoms with Crippen molar-refractivity contribution >= 4 is 45.2 Å². The van der Waals surface area contributed by atoms with Crippen LogP contribution in [0.1, 0.15) is 17.7 Å². The van der Waals surface area contributed by atoms with Gasteiger partial charge in [-0.05, 0) is 47.0 Å². The van der Waals surface area contributed by atoms with E-state index in [1.807, 2.05) is 12.1 Å². The summed E-state index contributed by atoms with van der Waals surface area (Å²) in [5.41, 5.74) is 0. The fraction of sp³-hybridized carbons (Fsp3) is 0.333. The lowest BCUT2D eigenvalue weighted by Crippen LogP contribution is -2.39. The van der Waals surface area contributed by atoms with Gasteiger partial charge in [0.15, 0.2) is 0 Å². The number of hydrogen-bond donors (Lipinski definition) is 1. The minimum Gasteiger partial charge on any atom is -0.480 e. The first-order chi connectivity index (χ1) is 8.58. The number of carboxylic acids is 1. The molecule has 0 saturated carbocycles. The number of hydrogen-bond acceptors (Lipinski definition) is 3. The molecule has 1 amide bonds. The molecule has 2 rings (SSSR count). The third-order valence-corrected chi connectivity index (χ3v) is 4.39. The third-order valence-electron chi connectivity index (χ3n) is 2.81. The lowest BCUT2D eigenvalue weighted by Gasteiger charge is -2.19. The van der Waals surface area contributed by atoms with Crippen LogP contribution < -0.4 is 0 Å². The predicted molar refractivity (Wildman–Crippen MR) is 73.4 cm³/mol. The lowest BCUT2D eigenvalue weighted by molar-refractivity contribution is -0.146. The van der Waals surface area contributed by atoms with Crippen molar-refractivity contribution < 1.29 is 14.7 Å². The second-order valence-electron chi connectivity index (χ2n) is 4.00. The van der Waals surface area contributed by atoms with E-state index in [9.17, 15) is 9.59 Å². The molecule has 2 heterocycles. The molecule has 18 heavy (non-hydrogen) atoms. The van der Waals surface area contributed by atoms with Crippen LogP contribution in [0.4, 0.5) is 0 Å². The van der Waals surface area contributed by atoms with Crippen LogP contribution in [-0.2, 0) is 9.59 Å². The lowest BCUT2D eigenvalue weighted by atomic mass is 10.2. The zero-order valence-electron chi connectivity index (χ0n) is 9.51. The van der Waals surface area contributed by atoms with E-state index in [2.05, 4.69) is 15.9 Å². The molecule has 6 heteroatoms. The first-order valence-corrected chi connectivity index (χ1v) is 7.15. The Kier molecular flexibility index (Phi) is 4.19. The highest BCUT2D eigenvalue weighted by molar-refractivity contribution is 9.11. The molecule has 4 nitrogen and oxygen atoms in total. The van der Waals surface area contributed by atoms with Crippen molar-refractivity contribution in [3.05, 3.63) is 26.9 Å². The van der Waals surface area contributed by atoms with Gasteiger partial charge in [-0.25, -0.2) is 4.79 Å². The molecule has 1 aliphatic heterocycles. The number of nitrogens with zero attached hydrogens (tertiary/aromatic N) is 1. The van der Waals surface area contributed by atoms with Gasteiger partial charge in [0.2, 0.25) is 5.91 Å². The number of amides is 1. The fourth-order valence-corrected chi connectivity index (χ4v) is 3.28. The minimum atomic E-state index is -0.923. The molecular formula is C12H12BrNO3S. The monoisotopic (exact) mass is 329 g/mol. The Morgan fingerprint density at radius 2 is 2.28 bits per heavy atom. The van der Waals surface area contributed by atoms with Crippen LogP contribution in [0.5, 0.6) is 0 Å². The van der Waals surface area contributed by atoms with Crippen LogP contribution in [-0.4, -0.2) is 34.5 Å². The zero-order valence-corrected chi connectivity index (χ0v) is 11.9. The smallest absolute Gasteiger partial charge is 0.326 e. The number of likely N-dealkylation sites (tertiary alicyclic amines) is 1. The van der Waals surface area contributed by atoms with Crippen molar-refractivity contribution in [2.24, 2.45) is 0 Å². The maximum atomic E-state index is 11.9. The molecule has 0 aromatic carbocycles. The Labute approximate surface area is 117 Å². The van der Waals surface area contributed by atoms with E-state index in [4.69, 9.17) is 5.11 Å². The maximum absolute atomic E-state index is 11.9. The molecule has 0 unspecified atom stereocenters. The fourth-order valence-electron chi connectivity index (χ4n) is 1.95. The summed E-state index contributed by atoms with van der Waals surface area (Å²) in [6.07, 6.45) is 4.45. The number of carbonyl (C=O) groups is 2. The van der Waals surface area contributed by atoms with Crippen LogP contribution in [0.3, 0.4) is 0 Å². The maximum Gasteiger partial charge on any atom is 0.326 e. The highest BCUT2D eigenvalue weighted by Gasteiger charge is 2.32. The summed E-state index contributed by atoms with van der Waals surface area (Å²) >= 11 is 4.87. The van der Waals surface area contributed by atoms with Gasteiger partial charge in [-0.15, -0.1) is 11.3 Å². The van der Waals surface area contributed by atoms with Crippen LogP contribution in [0, 0.1) is 0 Å². The Balaban J connectivity index is 2.03. The van der Waals surface area contributed by atoms with Gasteiger partial charge < -0.3 is 10.0 Å². The molecule has 1 fully saturated rings.